The van der Waals surface area contributed by atoms with Crippen LogP contribution in [0.2, 0.25) is 0 Å². The van der Waals surface area contributed by atoms with Gasteiger partial charge in [0.15, 0.2) is 0 Å². The van der Waals surface area contributed by atoms with Gasteiger partial charge in [-0.15, -0.1) is 11.3 Å². The quantitative estimate of drug-likeness (QED) is 0.934. The van der Waals surface area contributed by atoms with Gasteiger partial charge >= 0.3 is 0 Å². The standard InChI is InChI=1S/C15H18N2OS/c1-2-14(18)13-4-3-12(9-16-13)17-7-5-15-11(10-17)6-8-19-15/h3-4,6,8-9,14,18H,2,5,7,10H2,1H3/t14-/m0/s1. The summed E-state index contributed by atoms with van der Waals surface area (Å²) in [5.74, 6) is 0. The van der Waals surface area contributed by atoms with E-state index in [2.05, 4.69) is 27.4 Å². The third-order valence-electron chi connectivity index (χ3n) is 3.67. The Morgan fingerprint density at radius 3 is 3.05 bits per heavy atom. The maximum Gasteiger partial charge on any atom is 0.0957 e. The number of nitrogens with zero attached hydrogens (tertiary/aromatic N) is 2. The van der Waals surface area contributed by atoms with Gasteiger partial charge in [0.25, 0.3) is 0 Å². The Balaban J connectivity index is 1.77. The SMILES string of the molecule is CC[C@H](O)c1ccc(N2CCc3sccc3C2)cn1. The summed E-state index contributed by atoms with van der Waals surface area (Å²) >= 11 is 1.86. The normalized spacial score (nSPS) is 16.2. The van der Waals surface area contributed by atoms with Gasteiger partial charge in [-0.25, -0.2) is 0 Å². The number of hydrogen-bond acceptors (Lipinski definition) is 4. The molecule has 0 amide bonds. The summed E-state index contributed by atoms with van der Waals surface area (Å²) in [6.07, 6.45) is 3.26. The summed E-state index contributed by atoms with van der Waals surface area (Å²) in [5.41, 5.74) is 3.34. The van der Waals surface area contributed by atoms with Crippen molar-refractivity contribution in [2.24, 2.45) is 0 Å². The summed E-state index contributed by atoms with van der Waals surface area (Å²) in [4.78, 5) is 8.25. The monoisotopic (exact) mass is 274 g/mol. The molecule has 1 aliphatic heterocycles. The molecule has 2 aromatic rings. The minimum atomic E-state index is -0.445. The topological polar surface area (TPSA) is 36.4 Å². The van der Waals surface area contributed by atoms with E-state index in [0.29, 0.717) is 6.42 Å². The van der Waals surface area contributed by atoms with Gasteiger partial charge in [-0.2, -0.15) is 0 Å². The molecular weight excluding hydrogens is 256 g/mol. The first-order valence-electron chi connectivity index (χ1n) is 6.72. The molecule has 0 saturated carbocycles. The zero-order chi connectivity index (χ0) is 13.2. The first kappa shape index (κ1) is 12.6. The van der Waals surface area contributed by atoms with E-state index < -0.39 is 6.10 Å². The van der Waals surface area contributed by atoms with E-state index in [9.17, 15) is 5.11 Å². The van der Waals surface area contributed by atoms with Crippen LogP contribution in [0.5, 0.6) is 0 Å². The number of aliphatic hydroxyl groups is 1. The van der Waals surface area contributed by atoms with Gasteiger partial charge in [0.2, 0.25) is 0 Å². The molecule has 4 heteroatoms. The molecule has 0 aromatic carbocycles. The first-order chi connectivity index (χ1) is 9.28. The fraction of sp³-hybridized carbons (Fsp3) is 0.400. The lowest BCUT2D eigenvalue weighted by atomic mass is 10.1. The van der Waals surface area contributed by atoms with Gasteiger partial charge < -0.3 is 10.0 Å². The molecule has 3 rings (SSSR count). The van der Waals surface area contributed by atoms with Crippen LogP contribution in [0.25, 0.3) is 0 Å². The van der Waals surface area contributed by atoms with E-state index in [4.69, 9.17) is 0 Å². The molecule has 0 saturated heterocycles. The number of thiophene rings is 1. The summed E-state index contributed by atoms with van der Waals surface area (Å²) in [5, 5.41) is 11.9. The number of pyridine rings is 1. The third-order valence-corrected chi connectivity index (χ3v) is 4.69. The van der Waals surface area contributed by atoms with Gasteiger partial charge in [-0.3, -0.25) is 4.98 Å². The molecule has 0 unspecified atom stereocenters. The van der Waals surface area contributed by atoms with Crippen LogP contribution in [0.1, 0.15) is 35.6 Å². The molecule has 0 spiro atoms. The second kappa shape index (κ2) is 5.31. The number of fused-ring (bicyclic) bond motifs is 1. The van der Waals surface area contributed by atoms with Crippen LogP contribution in [0, 0.1) is 0 Å². The highest BCUT2D eigenvalue weighted by Gasteiger charge is 2.18. The van der Waals surface area contributed by atoms with Crippen molar-refractivity contribution in [3.05, 3.63) is 45.9 Å². The van der Waals surface area contributed by atoms with Crippen LogP contribution in [0.4, 0.5) is 5.69 Å². The summed E-state index contributed by atoms with van der Waals surface area (Å²) < 4.78 is 0. The average Bonchev–Trinajstić information content (AvgIpc) is 2.94. The van der Waals surface area contributed by atoms with E-state index in [0.717, 1.165) is 30.9 Å². The molecule has 3 nitrogen and oxygen atoms in total. The molecule has 1 aliphatic rings. The Morgan fingerprint density at radius 2 is 2.32 bits per heavy atom. The highest BCUT2D eigenvalue weighted by molar-refractivity contribution is 7.10. The molecule has 0 fully saturated rings. The smallest absolute Gasteiger partial charge is 0.0957 e. The van der Waals surface area contributed by atoms with Crippen LogP contribution in [0.3, 0.4) is 0 Å². The van der Waals surface area contributed by atoms with Crippen molar-refractivity contribution in [3.63, 3.8) is 0 Å². The Labute approximate surface area is 117 Å². The van der Waals surface area contributed by atoms with Crippen molar-refractivity contribution in [1.82, 2.24) is 4.98 Å². The highest BCUT2D eigenvalue weighted by Crippen LogP contribution is 2.28. The first-order valence-corrected chi connectivity index (χ1v) is 7.60. The number of aromatic nitrogens is 1. The summed E-state index contributed by atoms with van der Waals surface area (Å²) in [6.45, 7) is 3.98. The van der Waals surface area contributed by atoms with Crippen molar-refractivity contribution in [2.75, 3.05) is 11.4 Å². The maximum absolute atomic E-state index is 9.76. The van der Waals surface area contributed by atoms with E-state index in [-0.39, 0.29) is 0 Å². The molecule has 3 heterocycles. The number of aliphatic hydroxyl groups excluding tert-OH is 1. The predicted molar refractivity (Wildman–Crippen MR) is 78.6 cm³/mol. The number of anilines is 1. The van der Waals surface area contributed by atoms with Crippen molar-refractivity contribution >= 4 is 17.0 Å². The van der Waals surface area contributed by atoms with Gasteiger partial charge in [-0.1, -0.05) is 6.92 Å². The molecule has 100 valence electrons. The van der Waals surface area contributed by atoms with Crippen LogP contribution < -0.4 is 4.90 Å². The van der Waals surface area contributed by atoms with E-state index in [1.165, 1.54) is 10.4 Å². The molecular formula is C15H18N2OS. The van der Waals surface area contributed by atoms with Gasteiger partial charge in [0.1, 0.15) is 0 Å². The Morgan fingerprint density at radius 1 is 1.42 bits per heavy atom. The zero-order valence-corrected chi connectivity index (χ0v) is 11.9. The van der Waals surface area contributed by atoms with Crippen molar-refractivity contribution in [2.45, 2.75) is 32.4 Å². The summed E-state index contributed by atoms with van der Waals surface area (Å²) in [7, 11) is 0. The average molecular weight is 274 g/mol. The van der Waals surface area contributed by atoms with Gasteiger partial charge in [0.05, 0.1) is 23.7 Å². The van der Waals surface area contributed by atoms with E-state index in [1.54, 1.807) is 0 Å². The molecule has 2 aromatic heterocycles. The fourth-order valence-corrected chi connectivity index (χ4v) is 3.35. The zero-order valence-electron chi connectivity index (χ0n) is 11.0. The van der Waals surface area contributed by atoms with Crippen LogP contribution >= 0.6 is 11.3 Å². The van der Waals surface area contributed by atoms with Gasteiger partial charge in [-0.05, 0) is 42.0 Å². The lowest BCUT2D eigenvalue weighted by Gasteiger charge is -2.28. The Hall–Kier alpha value is -1.39. The Kier molecular flexibility index (Phi) is 3.53. The van der Waals surface area contributed by atoms with Crippen LogP contribution in [-0.4, -0.2) is 16.6 Å². The lowest BCUT2D eigenvalue weighted by Crippen LogP contribution is -2.29. The maximum atomic E-state index is 9.76. The number of rotatable bonds is 3. The second-order valence-electron chi connectivity index (χ2n) is 4.91. The van der Waals surface area contributed by atoms with Crippen LogP contribution in [-0.2, 0) is 13.0 Å². The minimum absolute atomic E-state index is 0.445. The fourth-order valence-electron chi connectivity index (χ4n) is 2.46. The summed E-state index contributed by atoms with van der Waals surface area (Å²) in [6, 6.07) is 6.22. The molecule has 0 bridgehead atoms. The van der Waals surface area contributed by atoms with Crippen LogP contribution in [0.15, 0.2) is 29.8 Å². The van der Waals surface area contributed by atoms with Crippen molar-refractivity contribution in [1.29, 1.82) is 0 Å². The molecule has 0 aliphatic carbocycles. The van der Waals surface area contributed by atoms with Crippen molar-refractivity contribution in [3.8, 4) is 0 Å². The molecule has 1 atom stereocenters. The van der Waals surface area contributed by atoms with E-state index in [1.807, 2.05) is 30.5 Å². The highest BCUT2D eigenvalue weighted by atomic mass is 32.1. The molecule has 1 N–H and O–H groups in total. The number of hydrogen-bond donors (Lipinski definition) is 1. The third kappa shape index (κ3) is 2.51. The molecule has 19 heavy (non-hydrogen) atoms. The largest absolute Gasteiger partial charge is 0.387 e. The Bertz CT molecular complexity index is 550. The van der Waals surface area contributed by atoms with Gasteiger partial charge in [0, 0.05) is 18.0 Å². The lowest BCUT2D eigenvalue weighted by molar-refractivity contribution is 0.169. The minimum Gasteiger partial charge on any atom is -0.387 e. The van der Waals surface area contributed by atoms with Crippen molar-refractivity contribution < 1.29 is 5.11 Å². The second-order valence-corrected chi connectivity index (χ2v) is 5.91. The van der Waals surface area contributed by atoms with E-state index >= 15 is 0 Å². The molecule has 0 radical (unpaired) electrons. The predicted octanol–water partition coefficient (Wildman–Crippen LogP) is 3.15.